The monoisotopic (exact) mass is 273 g/mol. The van der Waals surface area contributed by atoms with E-state index in [9.17, 15) is 0 Å². The van der Waals surface area contributed by atoms with Gasteiger partial charge in [-0.05, 0) is 12.5 Å². The molecule has 0 amide bonds. The summed E-state index contributed by atoms with van der Waals surface area (Å²) in [5.41, 5.74) is 1.21. The smallest absolute Gasteiger partial charge is 0.240 e. The zero-order valence-corrected chi connectivity index (χ0v) is 11.7. The minimum atomic E-state index is 0.675. The van der Waals surface area contributed by atoms with Crippen LogP contribution in [0.3, 0.4) is 0 Å². The van der Waals surface area contributed by atoms with Gasteiger partial charge in [-0.25, -0.2) is 0 Å². The van der Waals surface area contributed by atoms with Crippen LogP contribution in [-0.2, 0) is 19.5 Å². The maximum absolute atomic E-state index is 5.75. The van der Waals surface area contributed by atoms with Crippen LogP contribution in [0.5, 0.6) is 5.75 Å². The predicted octanol–water partition coefficient (Wildman–Crippen LogP) is 2.42. The first-order valence-corrected chi connectivity index (χ1v) is 7.09. The molecule has 2 aromatic rings. The molecule has 0 unspecified atom stereocenters. The SMILES string of the molecule is CCCc1noc(CN2CCOc3ccccc3C2)n1. The zero-order chi connectivity index (χ0) is 13.8. The lowest BCUT2D eigenvalue weighted by Gasteiger charge is -2.16. The van der Waals surface area contributed by atoms with Gasteiger partial charge in [0.2, 0.25) is 5.89 Å². The van der Waals surface area contributed by atoms with Crippen LogP contribution in [0.2, 0.25) is 0 Å². The van der Waals surface area contributed by atoms with Gasteiger partial charge in [0.05, 0.1) is 6.54 Å². The summed E-state index contributed by atoms with van der Waals surface area (Å²) in [6.45, 7) is 5.18. The van der Waals surface area contributed by atoms with Crippen molar-refractivity contribution in [2.45, 2.75) is 32.9 Å². The van der Waals surface area contributed by atoms with Gasteiger partial charge in [-0.1, -0.05) is 30.3 Å². The van der Waals surface area contributed by atoms with E-state index >= 15 is 0 Å². The number of fused-ring (bicyclic) bond motifs is 1. The normalized spacial score (nSPS) is 15.4. The van der Waals surface area contributed by atoms with Crippen molar-refractivity contribution >= 4 is 0 Å². The molecule has 20 heavy (non-hydrogen) atoms. The van der Waals surface area contributed by atoms with Gasteiger partial charge in [-0.15, -0.1) is 0 Å². The quantitative estimate of drug-likeness (QED) is 0.856. The number of aryl methyl sites for hydroxylation is 1. The molecule has 0 radical (unpaired) electrons. The van der Waals surface area contributed by atoms with Crippen LogP contribution in [0, 0.1) is 0 Å². The lowest BCUT2D eigenvalue weighted by Crippen LogP contribution is -2.25. The Morgan fingerprint density at radius 3 is 3.10 bits per heavy atom. The zero-order valence-electron chi connectivity index (χ0n) is 11.7. The first-order chi connectivity index (χ1) is 9.85. The number of hydrogen-bond acceptors (Lipinski definition) is 5. The van der Waals surface area contributed by atoms with E-state index in [1.807, 2.05) is 18.2 Å². The number of benzene rings is 1. The van der Waals surface area contributed by atoms with Gasteiger partial charge in [0, 0.05) is 25.1 Å². The van der Waals surface area contributed by atoms with E-state index in [1.165, 1.54) is 5.56 Å². The predicted molar refractivity (Wildman–Crippen MR) is 74.3 cm³/mol. The summed E-state index contributed by atoms with van der Waals surface area (Å²) in [5.74, 6) is 2.47. The fraction of sp³-hybridized carbons (Fsp3) is 0.467. The van der Waals surface area contributed by atoms with Crippen molar-refractivity contribution in [3.8, 4) is 5.75 Å². The van der Waals surface area contributed by atoms with Gasteiger partial charge in [-0.3, -0.25) is 4.90 Å². The van der Waals surface area contributed by atoms with Crippen molar-refractivity contribution in [3.05, 3.63) is 41.5 Å². The summed E-state index contributed by atoms with van der Waals surface area (Å²) in [4.78, 5) is 6.69. The fourth-order valence-electron chi connectivity index (χ4n) is 2.39. The van der Waals surface area contributed by atoms with Crippen LogP contribution >= 0.6 is 0 Å². The lowest BCUT2D eigenvalue weighted by atomic mass is 10.2. The van der Waals surface area contributed by atoms with Crippen molar-refractivity contribution in [2.24, 2.45) is 0 Å². The average molecular weight is 273 g/mol. The van der Waals surface area contributed by atoms with Crippen LogP contribution in [-0.4, -0.2) is 28.2 Å². The van der Waals surface area contributed by atoms with Crippen molar-refractivity contribution in [1.82, 2.24) is 15.0 Å². The average Bonchev–Trinajstić information content (AvgIpc) is 2.78. The van der Waals surface area contributed by atoms with E-state index < -0.39 is 0 Å². The Bertz CT molecular complexity index is 568. The van der Waals surface area contributed by atoms with Gasteiger partial charge in [0.15, 0.2) is 5.82 Å². The van der Waals surface area contributed by atoms with Crippen molar-refractivity contribution in [3.63, 3.8) is 0 Å². The Labute approximate surface area is 118 Å². The topological polar surface area (TPSA) is 51.4 Å². The summed E-state index contributed by atoms with van der Waals surface area (Å²) in [7, 11) is 0. The number of ether oxygens (including phenoxy) is 1. The van der Waals surface area contributed by atoms with Gasteiger partial charge < -0.3 is 9.26 Å². The molecule has 0 aliphatic carbocycles. The molecule has 5 nitrogen and oxygen atoms in total. The van der Waals surface area contributed by atoms with Gasteiger partial charge in [-0.2, -0.15) is 4.98 Å². The van der Waals surface area contributed by atoms with Gasteiger partial charge in [0.25, 0.3) is 0 Å². The minimum absolute atomic E-state index is 0.675. The van der Waals surface area contributed by atoms with E-state index in [-0.39, 0.29) is 0 Å². The summed E-state index contributed by atoms with van der Waals surface area (Å²) in [6, 6.07) is 8.16. The summed E-state index contributed by atoms with van der Waals surface area (Å²) in [6.07, 6.45) is 1.90. The maximum Gasteiger partial charge on any atom is 0.240 e. The fourth-order valence-corrected chi connectivity index (χ4v) is 2.39. The number of nitrogens with zero attached hydrogens (tertiary/aromatic N) is 3. The highest BCUT2D eigenvalue weighted by Gasteiger charge is 2.17. The van der Waals surface area contributed by atoms with Crippen molar-refractivity contribution < 1.29 is 9.26 Å². The Balaban J connectivity index is 1.68. The third kappa shape index (κ3) is 2.99. The highest BCUT2D eigenvalue weighted by Crippen LogP contribution is 2.23. The number of para-hydroxylation sites is 1. The first-order valence-electron chi connectivity index (χ1n) is 7.09. The summed E-state index contributed by atoms with van der Waals surface area (Å²) < 4.78 is 11.1. The second-order valence-corrected chi connectivity index (χ2v) is 5.02. The molecule has 0 bridgehead atoms. The highest BCUT2D eigenvalue weighted by atomic mass is 16.5. The number of aromatic nitrogens is 2. The van der Waals surface area contributed by atoms with Gasteiger partial charge in [0.1, 0.15) is 12.4 Å². The lowest BCUT2D eigenvalue weighted by molar-refractivity contribution is 0.196. The van der Waals surface area contributed by atoms with Crippen molar-refractivity contribution in [2.75, 3.05) is 13.2 Å². The molecule has 1 aliphatic rings. The number of hydrogen-bond donors (Lipinski definition) is 0. The molecule has 2 heterocycles. The second-order valence-electron chi connectivity index (χ2n) is 5.02. The third-order valence-corrected chi connectivity index (χ3v) is 3.37. The molecular weight excluding hydrogens is 254 g/mol. The van der Waals surface area contributed by atoms with Crippen molar-refractivity contribution in [1.29, 1.82) is 0 Å². The minimum Gasteiger partial charge on any atom is -0.492 e. The molecule has 106 valence electrons. The molecule has 0 atom stereocenters. The highest BCUT2D eigenvalue weighted by molar-refractivity contribution is 5.33. The van der Waals surface area contributed by atoms with Crippen LogP contribution in [0.4, 0.5) is 0 Å². The van der Waals surface area contributed by atoms with E-state index in [0.717, 1.165) is 37.5 Å². The van der Waals surface area contributed by atoms with Crippen LogP contribution in [0.1, 0.15) is 30.6 Å². The molecular formula is C15H19N3O2. The van der Waals surface area contributed by atoms with Crippen LogP contribution in [0.25, 0.3) is 0 Å². The molecule has 1 aromatic heterocycles. The Hall–Kier alpha value is -1.88. The Kier molecular flexibility index (Phi) is 3.97. The third-order valence-electron chi connectivity index (χ3n) is 3.37. The van der Waals surface area contributed by atoms with Crippen LogP contribution < -0.4 is 4.74 Å². The Morgan fingerprint density at radius 1 is 1.30 bits per heavy atom. The maximum atomic E-state index is 5.75. The molecule has 1 aromatic carbocycles. The first kappa shape index (κ1) is 13.1. The standard InChI is InChI=1S/C15H19N3O2/c1-2-5-14-16-15(20-17-14)11-18-8-9-19-13-7-4-3-6-12(13)10-18/h3-4,6-7H,2,5,8-11H2,1H3. The summed E-state index contributed by atoms with van der Waals surface area (Å²) >= 11 is 0. The largest absolute Gasteiger partial charge is 0.492 e. The van der Waals surface area contributed by atoms with E-state index in [1.54, 1.807) is 0 Å². The number of rotatable bonds is 4. The molecule has 3 rings (SSSR count). The van der Waals surface area contributed by atoms with Gasteiger partial charge >= 0.3 is 0 Å². The molecule has 0 fully saturated rings. The van der Waals surface area contributed by atoms with E-state index in [0.29, 0.717) is 19.0 Å². The van der Waals surface area contributed by atoms with E-state index in [2.05, 4.69) is 28.0 Å². The molecule has 0 N–H and O–H groups in total. The molecule has 0 saturated carbocycles. The van der Waals surface area contributed by atoms with Crippen LogP contribution in [0.15, 0.2) is 28.8 Å². The molecule has 1 aliphatic heterocycles. The Morgan fingerprint density at radius 2 is 2.20 bits per heavy atom. The van der Waals surface area contributed by atoms with E-state index in [4.69, 9.17) is 9.26 Å². The summed E-state index contributed by atoms with van der Waals surface area (Å²) in [5, 5.41) is 4.00. The molecule has 0 spiro atoms. The molecule has 0 saturated heterocycles. The molecule has 5 heteroatoms. The second kappa shape index (κ2) is 6.05.